The summed E-state index contributed by atoms with van der Waals surface area (Å²) in [5.74, 6) is 4.30. The summed E-state index contributed by atoms with van der Waals surface area (Å²) in [6, 6.07) is 7.57. The average molecular weight is 385 g/mol. The third kappa shape index (κ3) is 4.68. The fourth-order valence-corrected chi connectivity index (χ4v) is 4.05. The molecule has 0 saturated heterocycles. The van der Waals surface area contributed by atoms with Crippen LogP contribution < -0.4 is 4.74 Å². The third-order valence-corrected chi connectivity index (χ3v) is 5.75. The van der Waals surface area contributed by atoms with E-state index in [1.54, 1.807) is 7.11 Å². The highest BCUT2D eigenvalue weighted by Gasteiger charge is 2.16. The van der Waals surface area contributed by atoms with Gasteiger partial charge in [-0.2, -0.15) is 4.98 Å². The Hall–Kier alpha value is -2.35. The number of nitrogens with one attached hydrogen (secondary N) is 1. The zero-order chi connectivity index (χ0) is 18.5. The standard InChI is InChI=1S/C19H23N5O2S/c1-25-15-9-7-14(8-10-15)18-21-17(26-24-18)12-27-19-20-16(22-23-19)11-6-13-4-2-3-5-13/h7-10,13H,2-6,11-12H2,1H3,(H,20,22,23). The molecule has 0 atom stereocenters. The van der Waals surface area contributed by atoms with Gasteiger partial charge >= 0.3 is 0 Å². The molecule has 7 nitrogen and oxygen atoms in total. The van der Waals surface area contributed by atoms with Crippen LogP contribution in [0.2, 0.25) is 0 Å². The van der Waals surface area contributed by atoms with Crippen molar-refractivity contribution in [1.82, 2.24) is 25.3 Å². The number of benzene rings is 1. The van der Waals surface area contributed by atoms with E-state index in [1.165, 1.54) is 43.9 Å². The molecule has 8 heteroatoms. The molecule has 2 heterocycles. The first-order valence-electron chi connectivity index (χ1n) is 9.31. The van der Waals surface area contributed by atoms with E-state index in [0.717, 1.165) is 34.6 Å². The summed E-state index contributed by atoms with van der Waals surface area (Å²) in [7, 11) is 1.64. The summed E-state index contributed by atoms with van der Waals surface area (Å²) in [5.41, 5.74) is 0.892. The molecule has 142 valence electrons. The Morgan fingerprint density at radius 3 is 2.78 bits per heavy atom. The first-order valence-corrected chi connectivity index (χ1v) is 10.3. The second-order valence-electron chi connectivity index (χ2n) is 6.78. The molecule has 1 fully saturated rings. The Bertz CT molecular complexity index is 855. The smallest absolute Gasteiger partial charge is 0.237 e. The Morgan fingerprint density at radius 2 is 2.00 bits per heavy atom. The van der Waals surface area contributed by atoms with Gasteiger partial charge in [0.15, 0.2) is 0 Å². The van der Waals surface area contributed by atoms with Crippen LogP contribution in [0, 0.1) is 5.92 Å². The van der Waals surface area contributed by atoms with Gasteiger partial charge in [-0.1, -0.05) is 42.6 Å². The Balaban J connectivity index is 1.29. The average Bonchev–Trinajstić information content (AvgIpc) is 3.47. The van der Waals surface area contributed by atoms with E-state index in [-0.39, 0.29) is 0 Å². The third-order valence-electron chi connectivity index (χ3n) is 4.92. The van der Waals surface area contributed by atoms with Crippen LogP contribution >= 0.6 is 11.8 Å². The van der Waals surface area contributed by atoms with Crippen molar-refractivity contribution in [1.29, 1.82) is 0 Å². The number of methoxy groups -OCH3 is 1. The van der Waals surface area contributed by atoms with Crippen molar-refractivity contribution >= 4 is 11.8 Å². The number of rotatable bonds is 8. The molecule has 4 rings (SSSR count). The molecule has 0 aliphatic heterocycles. The first kappa shape index (κ1) is 18.0. The highest BCUT2D eigenvalue weighted by atomic mass is 32.2. The SMILES string of the molecule is COc1ccc(-c2noc(CSc3n[nH]c(CCC4CCCC4)n3)n2)cc1. The molecule has 0 spiro atoms. The number of aromatic amines is 1. The highest BCUT2D eigenvalue weighted by molar-refractivity contribution is 7.98. The van der Waals surface area contributed by atoms with E-state index >= 15 is 0 Å². The lowest BCUT2D eigenvalue weighted by Crippen LogP contribution is -1.97. The molecule has 1 aromatic carbocycles. The normalized spacial score (nSPS) is 14.7. The van der Waals surface area contributed by atoms with Crippen molar-refractivity contribution in [3.05, 3.63) is 36.0 Å². The van der Waals surface area contributed by atoms with Crippen molar-refractivity contribution in [2.75, 3.05) is 7.11 Å². The maximum atomic E-state index is 5.34. The van der Waals surface area contributed by atoms with Crippen LogP contribution in [0.1, 0.15) is 43.8 Å². The molecular weight excluding hydrogens is 362 g/mol. The fraction of sp³-hybridized carbons (Fsp3) is 0.474. The maximum absolute atomic E-state index is 5.34. The highest BCUT2D eigenvalue weighted by Crippen LogP contribution is 2.28. The molecule has 0 bridgehead atoms. The van der Waals surface area contributed by atoms with E-state index in [1.807, 2.05) is 24.3 Å². The summed E-state index contributed by atoms with van der Waals surface area (Å²) in [5, 5.41) is 12.1. The number of nitrogens with zero attached hydrogens (tertiary/aromatic N) is 4. The molecule has 1 aliphatic carbocycles. The predicted molar refractivity (Wildman–Crippen MR) is 103 cm³/mol. The number of thioether (sulfide) groups is 1. The fourth-order valence-electron chi connectivity index (χ4n) is 3.39. The van der Waals surface area contributed by atoms with Crippen LogP contribution in [0.5, 0.6) is 5.75 Å². The van der Waals surface area contributed by atoms with Crippen LogP contribution in [0.25, 0.3) is 11.4 Å². The second kappa shape index (κ2) is 8.56. The Kier molecular flexibility index (Phi) is 5.72. The lowest BCUT2D eigenvalue weighted by atomic mass is 10.0. The molecule has 1 N–H and O–H groups in total. The van der Waals surface area contributed by atoms with Crippen LogP contribution in [-0.2, 0) is 12.2 Å². The number of aryl methyl sites for hydroxylation is 1. The molecule has 27 heavy (non-hydrogen) atoms. The minimum Gasteiger partial charge on any atom is -0.497 e. The zero-order valence-electron chi connectivity index (χ0n) is 15.4. The van der Waals surface area contributed by atoms with Gasteiger partial charge in [-0.3, -0.25) is 5.10 Å². The van der Waals surface area contributed by atoms with Gasteiger partial charge in [0.2, 0.25) is 16.9 Å². The minimum absolute atomic E-state index is 0.545. The van der Waals surface area contributed by atoms with Gasteiger partial charge in [-0.15, -0.1) is 5.10 Å². The molecule has 1 saturated carbocycles. The Labute approximate surface area is 162 Å². The lowest BCUT2D eigenvalue weighted by Gasteiger charge is -2.05. The quantitative estimate of drug-likeness (QED) is 0.579. The Morgan fingerprint density at radius 1 is 1.19 bits per heavy atom. The minimum atomic E-state index is 0.545. The van der Waals surface area contributed by atoms with Gasteiger partial charge in [-0.05, 0) is 36.6 Å². The summed E-state index contributed by atoms with van der Waals surface area (Å²) < 4.78 is 10.5. The van der Waals surface area contributed by atoms with E-state index in [4.69, 9.17) is 9.26 Å². The lowest BCUT2D eigenvalue weighted by molar-refractivity contribution is 0.391. The summed E-state index contributed by atoms with van der Waals surface area (Å²) in [4.78, 5) is 9.00. The van der Waals surface area contributed by atoms with Crippen molar-refractivity contribution in [3.63, 3.8) is 0 Å². The van der Waals surface area contributed by atoms with Gasteiger partial charge in [0.1, 0.15) is 11.6 Å². The van der Waals surface area contributed by atoms with Gasteiger partial charge in [0.05, 0.1) is 12.9 Å². The summed E-state index contributed by atoms with van der Waals surface area (Å²) in [6.07, 6.45) is 7.66. The predicted octanol–water partition coefficient (Wildman–Crippen LogP) is 4.28. The molecule has 1 aliphatic rings. The van der Waals surface area contributed by atoms with Crippen LogP contribution in [0.15, 0.2) is 33.9 Å². The molecule has 3 aromatic rings. The van der Waals surface area contributed by atoms with Gasteiger partial charge in [0.25, 0.3) is 0 Å². The maximum Gasteiger partial charge on any atom is 0.237 e. The largest absolute Gasteiger partial charge is 0.497 e. The second-order valence-corrected chi connectivity index (χ2v) is 7.73. The van der Waals surface area contributed by atoms with E-state index in [2.05, 4.69) is 25.3 Å². The zero-order valence-corrected chi connectivity index (χ0v) is 16.2. The number of H-pyrrole nitrogens is 1. The van der Waals surface area contributed by atoms with Gasteiger partial charge in [0, 0.05) is 12.0 Å². The van der Waals surface area contributed by atoms with Crippen molar-refractivity contribution < 1.29 is 9.26 Å². The van der Waals surface area contributed by atoms with Crippen molar-refractivity contribution in [2.24, 2.45) is 5.92 Å². The number of hydrogen-bond donors (Lipinski definition) is 1. The van der Waals surface area contributed by atoms with E-state index in [9.17, 15) is 0 Å². The topological polar surface area (TPSA) is 89.7 Å². The molecular formula is C19H23N5O2S. The molecule has 2 aromatic heterocycles. The van der Waals surface area contributed by atoms with Crippen molar-refractivity contribution in [3.8, 4) is 17.1 Å². The van der Waals surface area contributed by atoms with E-state index in [0.29, 0.717) is 17.5 Å². The first-order chi connectivity index (χ1) is 13.3. The molecule has 0 unspecified atom stereocenters. The molecule has 0 amide bonds. The van der Waals surface area contributed by atoms with Crippen LogP contribution in [0.4, 0.5) is 0 Å². The van der Waals surface area contributed by atoms with Crippen LogP contribution in [-0.4, -0.2) is 32.4 Å². The van der Waals surface area contributed by atoms with Gasteiger partial charge < -0.3 is 9.26 Å². The summed E-state index contributed by atoms with van der Waals surface area (Å²) in [6.45, 7) is 0. The van der Waals surface area contributed by atoms with Crippen LogP contribution in [0.3, 0.4) is 0 Å². The summed E-state index contributed by atoms with van der Waals surface area (Å²) >= 11 is 1.50. The van der Waals surface area contributed by atoms with E-state index < -0.39 is 0 Å². The molecule has 0 radical (unpaired) electrons. The van der Waals surface area contributed by atoms with Crippen molar-refractivity contribution in [2.45, 2.75) is 49.4 Å². The number of hydrogen-bond acceptors (Lipinski definition) is 7. The number of ether oxygens (including phenoxy) is 1. The number of aromatic nitrogens is 5. The van der Waals surface area contributed by atoms with Gasteiger partial charge in [-0.25, -0.2) is 4.98 Å². The monoisotopic (exact) mass is 385 g/mol.